The van der Waals surface area contributed by atoms with Crippen molar-refractivity contribution >= 4 is 11.6 Å². The van der Waals surface area contributed by atoms with Crippen LogP contribution in [0.1, 0.15) is 73.6 Å². The van der Waals surface area contributed by atoms with Crippen LogP contribution < -0.4 is 0 Å². The predicted octanol–water partition coefficient (Wildman–Crippen LogP) is 6.19. The summed E-state index contributed by atoms with van der Waals surface area (Å²) in [6, 6.07) is 0. The van der Waals surface area contributed by atoms with Crippen LogP contribution in [0.2, 0.25) is 0 Å². The van der Waals surface area contributed by atoms with Gasteiger partial charge < -0.3 is 0 Å². The minimum absolute atomic E-state index is 0.238. The molecule has 0 bridgehead atoms. The molecule has 0 nitrogen and oxygen atoms in total. The van der Waals surface area contributed by atoms with Gasteiger partial charge in [0.2, 0.25) is 0 Å². The van der Waals surface area contributed by atoms with E-state index in [2.05, 4.69) is 48.1 Å². The zero-order valence-electron chi connectivity index (χ0n) is 12.7. The van der Waals surface area contributed by atoms with E-state index < -0.39 is 0 Å². The number of alkyl halides is 1. The first-order chi connectivity index (χ1) is 7.71. The largest absolute Gasteiger partial charge is 0.123 e. The fraction of sp³-hybridized carbons (Fsp3) is 0.875. The summed E-state index contributed by atoms with van der Waals surface area (Å²) >= 11 is 6.06. The number of rotatable bonds is 8. The van der Waals surface area contributed by atoms with E-state index in [1.54, 1.807) is 0 Å². The second kappa shape index (κ2) is 6.83. The Morgan fingerprint density at radius 2 is 1.76 bits per heavy atom. The Morgan fingerprint density at radius 3 is 2.12 bits per heavy atom. The quantitative estimate of drug-likeness (QED) is 0.360. The molecule has 0 radical (unpaired) electrons. The lowest BCUT2D eigenvalue weighted by molar-refractivity contribution is 0.108. The Hall–Kier alpha value is 0.0300. The number of halogens is 1. The number of hydrogen-bond acceptors (Lipinski definition) is 0. The molecule has 0 spiro atoms. The zero-order chi connectivity index (χ0) is 13.7. The highest BCUT2D eigenvalue weighted by molar-refractivity contribution is 6.20. The van der Waals surface area contributed by atoms with Gasteiger partial charge in [-0.1, -0.05) is 59.6 Å². The summed E-state index contributed by atoms with van der Waals surface area (Å²) < 4.78 is 0. The van der Waals surface area contributed by atoms with E-state index in [-0.39, 0.29) is 10.8 Å². The number of allylic oxidation sites excluding steroid dienone is 1. The van der Waals surface area contributed by atoms with E-state index in [0.717, 1.165) is 12.8 Å². The van der Waals surface area contributed by atoms with Crippen LogP contribution in [0.3, 0.4) is 0 Å². The van der Waals surface area contributed by atoms with Crippen LogP contribution in [0.15, 0.2) is 12.2 Å². The maximum Gasteiger partial charge on any atom is 0.0310 e. The molecule has 0 heterocycles. The smallest absolute Gasteiger partial charge is 0.0310 e. The summed E-state index contributed by atoms with van der Waals surface area (Å²) in [5.41, 5.74) is 1.94. The molecule has 0 fully saturated rings. The molecule has 0 aliphatic carbocycles. The van der Waals surface area contributed by atoms with Gasteiger partial charge >= 0.3 is 0 Å². The highest BCUT2D eigenvalue weighted by Gasteiger charge is 2.40. The van der Waals surface area contributed by atoms with E-state index in [9.17, 15) is 0 Å². The van der Waals surface area contributed by atoms with Gasteiger partial charge in [-0.2, -0.15) is 0 Å². The van der Waals surface area contributed by atoms with Gasteiger partial charge in [0.1, 0.15) is 0 Å². The zero-order valence-corrected chi connectivity index (χ0v) is 13.5. The average Bonchev–Trinajstić information content (AvgIpc) is 2.25. The average molecular weight is 259 g/mol. The Morgan fingerprint density at radius 1 is 1.24 bits per heavy atom. The predicted molar refractivity (Wildman–Crippen MR) is 80.8 cm³/mol. The van der Waals surface area contributed by atoms with Crippen LogP contribution in [0, 0.1) is 10.8 Å². The van der Waals surface area contributed by atoms with Gasteiger partial charge in [0, 0.05) is 5.38 Å². The fourth-order valence-electron chi connectivity index (χ4n) is 2.53. The molecule has 0 rings (SSSR count). The third-order valence-corrected chi connectivity index (χ3v) is 4.97. The molecule has 0 saturated carbocycles. The molecule has 0 saturated heterocycles. The SMILES string of the molecule is C=C(CCC(C)Cl)[C@](C)(CCC)C(C)(C)CC. The Balaban J connectivity index is 4.88. The standard InChI is InChI=1S/C16H31Cl/c1-8-12-16(7,15(5,6)9-2)13(3)10-11-14(4)17/h14H,3,8-12H2,1-2,4-7H3/t14?,16-/m0/s1. The second-order valence-electron chi connectivity index (χ2n) is 6.24. The van der Waals surface area contributed by atoms with E-state index in [0.29, 0.717) is 5.41 Å². The Kier molecular flexibility index (Phi) is 6.84. The van der Waals surface area contributed by atoms with E-state index in [1.165, 1.54) is 24.8 Å². The lowest BCUT2D eigenvalue weighted by Crippen LogP contribution is -2.36. The molecule has 0 aromatic carbocycles. The van der Waals surface area contributed by atoms with Gasteiger partial charge in [0.25, 0.3) is 0 Å². The van der Waals surface area contributed by atoms with Gasteiger partial charge in [-0.15, -0.1) is 11.6 Å². The second-order valence-corrected chi connectivity index (χ2v) is 6.99. The van der Waals surface area contributed by atoms with Crippen LogP contribution in [-0.2, 0) is 0 Å². The minimum Gasteiger partial charge on any atom is -0.123 e. The van der Waals surface area contributed by atoms with Crippen molar-refractivity contribution in [3.63, 3.8) is 0 Å². The van der Waals surface area contributed by atoms with Crippen molar-refractivity contribution in [1.82, 2.24) is 0 Å². The Bertz CT molecular complexity index is 240. The summed E-state index contributed by atoms with van der Waals surface area (Å²) in [5, 5.41) is 0.252. The van der Waals surface area contributed by atoms with Crippen molar-refractivity contribution in [3.8, 4) is 0 Å². The molecule has 0 aromatic rings. The van der Waals surface area contributed by atoms with Gasteiger partial charge in [0.05, 0.1) is 0 Å². The molecule has 102 valence electrons. The third-order valence-electron chi connectivity index (χ3n) is 4.75. The maximum absolute atomic E-state index is 6.06. The fourth-order valence-corrected chi connectivity index (χ4v) is 2.64. The van der Waals surface area contributed by atoms with Gasteiger partial charge in [0.15, 0.2) is 0 Å². The van der Waals surface area contributed by atoms with E-state index in [1.807, 2.05) is 0 Å². The van der Waals surface area contributed by atoms with Crippen molar-refractivity contribution in [3.05, 3.63) is 12.2 Å². The van der Waals surface area contributed by atoms with Crippen molar-refractivity contribution in [1.29, 1.82) is 0 Å². The molecule has 0 aliphatic rings. The maximum atomic E-state index is 6.06. The highest BCUT2D eigenvalue weighted by Crippen LogP contribution is 2.50. The van der Waals surface area contributed by atoms with E-state index >= 15 is 0 Å². The molecular formula is C16H31Cl. The molecule has 0 aliphatic heterocycles. The van der Waals surface area contributed by atoms with Crippen molar-refractivity contribution in [2.45, 2.75) is 79.0 Å². The molecule has 2 atom stereocenters. The molecule has 1 unspecified atom stereocenters. The molecule has 17 heavy (non-hydrogen) atoms. The summed E-state index contributed by atoms with van der Waals surface area (Å²) in [6.45, 7) is 18.1. The lowest BCUT2D eigenvalue weighted by Gasteiger charge is -2.46. The summed E-state index contributed by atoms with van der Waals surface area (Å²) in [4.78, 5) is 0. The van der Waals surface area contributed by atoms with Crippen LogP contribution in [0.25, 0.3) is 0 Å². The van der Waals surface area contributed by atoms with Crippen LogP contribution in [0.4, 0.5) is 0 Å². The summed E-state index contributed by atoms with van der Waals surface area (Å²) in [7, 11) is 0. The van der Waals surface area contributed by atoms with Gasteiger partial charge in [-0.3, -0.25) is 0 Å². The van der Waals surface area contributed by atoms with Crippen molar-refractivity contribution in [2.75, 3.05) is 0 Å². The monoisotopic (exact) mass is 258 g/mol. The summed E-state index contributed by atoms with van der Waals surface area (Å²) in [5.74, 6) is 0. The number of hydrogen-bond donors (Lipinski definition) is 0. The van der Waals surface area contributed by atoms with Crippen LogP contribution in [-0.4, -0.2) is 5.38 Å². The first kappa shape index (κ1) is 17.0. The normalized spacial score (nSPS) is 17.6. The van der Waals surface area contributed by atoms with Crippen molar-refractivity contribution in [2.24, 2.45) is 10.8 Å². The highest BCUT2D eigenvalue weighted by atomic mass is 35.5. The molecular weight excluding hydrogens is 228 g/mol. The molecule has 1 heteroatoms. The first-order valence-corrected chi connectivity index (χ1v) is 7.47. The third kappa shape index (κ3) is 4.32. The molecule has 0 N–H and O–H groups in total. The van der Waals surface area contributed by atoms with Gasteiger partial charge in [-0.25, -0.2) is 0 Å². The van der Waals surface area contributed by atoms with Crippen LogP contribution in [0.5, 0.6) is 0 Å². The lowest BCUT2D eigenvalue weighted by atomic mass is 9.59. The summed E-state index contributed by atoms with van der Waals surface area (Å²) in [6.07, 6.45) is 5.74. The minimum atomic E-state index is 0.238. The topological polar surface area (TPSA) is 0 Å². The first-order valence-electron chi connectivity index (χ1n) is 7.03. The van der Waals surface area contributed by atoms with Crippen molar-refractivity contribution < 1.29 is 0 Å². The Labute approximate surface area is 114 Å². The molecule has 0 aromatic heterocycles. The van der Waals surface area contributed by atoms with E-state index in [4.69, 9.17) is 11.6 Å². The molecule has 0 amide bonds. The van der Waals surface area contributed by atoms with Crippen LogP contribution >= 0.6 is 11.6 Å². The van der Waals surface area contributed by atoms with Gasteiger partial charge in [-0.05, 0) is 37.0 Å².